The third-order valence-corrected chi connectivity index (χ3v) is 3.06. The minimum Gasteiger partial charge on any atom is -0.461 e. The highest BCUT2D eigenvalue weighted by Crippen LogP contribution is 2.13. The first-order chi connectivity index (χ1) is 10.4. The van der Waals surface area contributed by atoms with Gasteiger partial charge in [-0.3, -0.25) is 9.59 Å². The SMILES string of the molecule is CC(C)OC(=O)[C@H](CCC(=O)C=[N+]=[N-])NC(=O)C1CCCO1. The lowest BCUT2D eigenvalue weighted by Crippen LogP contribution is -2.46. The lowest BCUT2D eigenvalue weighted by molar-refractivity contribution is -0.152. The molecule has 122 valence electrons. The smallest absolute Gasteiger partial charge is 0.328 e. The molecule has 8 nitrogen and oxygen atoms in total. The Morgan fingerprint density at radius 1 is 1.45 bits per heavy atom. The fourth-order valence-corrected chi connectivity index (χ4v) is 2.03. The Morgan fingerprint density at radius 3 is 2.73 bits per heavy atom. The number of ether oxygens (including phenoxy) is 2. The standard InChI is InChI=1S/C14H21N3O5/c1-9(2)22-14(20)11(6-5-10(18)8-16-15)17-13(19)12-4-3-7-21-12/h8-9,11-12H,3-7H2,1-2H3,(H,17,19)/t11-,12?/m0/s1. The Kier molecular flexibility index (Phi) is 7.42. The molecule has 2 atom stereocenters. The van der Waals surface area contributed by atoms with Crippen molar-refractivity contribution in [3.8, 4) is 0 Å². The largest absolute Gasteiger partial charge is 0.461 e. The van der Waals surface area contributed by atoms with Crippen LogP contribution in [0.5, 0.6) is 0 Å². The van der Waals surface area contributed by atoms with E-state index in [0.29, 0.717) is 13.0 Å². The number of hydrogen-bond donors (Lipinski definition) is 1. The Bertz CT molecular complexity index is 465. The lowest BCUT2D eigenvalue weighted by atomic mass is 10.1. The van der Waals surface area contributed by atoms with E-state index in [9.17, 15) is 14.4 Å². The fraction of sp³-hybridized carbons (Fsp3) is 0.714. The van der Waals surface area contributed by atoms with Gasteiger partial charge in [0.05, 0.1) is 6.10 Å². The third kappa shape index (κ3) is 6.15. The number of carbonyl (C=O) groups excluding carboxylic acids is 3. The highest BCUT2D eigenvalue weighted by atomic mass is 16.5. The van der Waals surface area contributed by atoms with Gasteiger partial charge >= 0.3 is 12.2 Å². The van der Waals surface area contributed by atoms with Crippen LogP contribution < -0.4 is 5.32 Å². The van der Waals surface area contributed by atoms with Crippen molar-refractivity contribution in [2.24, 2.45) is 0 Å². The van der Waals surface area contributed by atoms with Crippen LogP contribution in [-0.2, 0) is 23.9 Å². The number of amides is 1. The van der Waals surface area contributed by atoms with Gasteiger partial charge in [0.15, 0.2) is 0 Å². The van der Waals surface area contributed by atoms with E-state index in [1.807, 2.05) is 0 Å². The predicted molar refractivity (Wildman–Crippen MR) is 76.1 cm³/mol. The summed E-state index contributed by atoms with van der Waals surface area (Å²) in [7, 11) is 0. The van der Waals surface area contributed by atoms with Gasteiger partial charge in [0.1, 0.15) is 12.1 Å². The highest BCUT2D eigenvalue weighted by Gasteiger charge is 2.29. The van der Waals surface area contributed by atoms with E-state index in [1.54, 1.807) is 13.8 Å². The molecule has 1 amide bonds. The Balaban J connectivity index is 2.63. The molecule has 0 spiro atoms. The fourth-order valence-electron chi connectivity index (χ4n) is 2.03. The minimum absolute atomic E-state index is 0.0479. The molecule has 0 bridgehead atoms. The third-order valence-electron chi connectivity index (χ3n) is 3.06. The first kappa shape index (κ1) is 18.0. The van der Waals surface area contributed by atoms with Crippen LogP contribution in [0.25, 0.3) is 5.53 Å². The highest BCUT2D eigenvalue weighted by molar-refractivity contribution is 6.25. The summed E-state index contributed by atoms with van der Waals surface area (Å²) >= 11 is 0. The quantitative estimate of drug-likeness (QED) is 0.298. The van der Waals surface area contributed by atoms with Crippen LogP contribution in [0, 0.1) is 0 Å². The van der Waals surface area contributed by atoms with Gasteiger partial charge in [0.2, 0.25) is 11.7 Å². The van der Waals surface area contributed by atoms with Gasteiger partial charge in [0, 0.05) is 13.0 Å². The average molecular weight is 311 g/mol. The molecule has 1 rings (SSSR count). The molecule has 1 aliphatic rings. The normalized spacial score (nSPS) is 18.4. The van der Waals surface area contributed by atoms with Gasteiger partial charge in [-0.25, -0.2) is 4.79 Å². The van der Waals surface area contributed by atoms with Crippen molar-refractivity contribution >= 4 is 23.9 Å². The van der Waals surface area contributed by atoms with Crippen molar-refractivity contribution in [1.29, 1.82) is 0 Å². The van der Waals surface area contributed by atoms with Crippen molar-refractivity contribution < 1.29 is 28.6 Å². The van der Waals surface area contributed by atoms with Crippen LogP contribution in [0.15, 0.2) is 0 Å². The number of Topliss-reactive ketones (excluding diaryl/α,β-unsaturated/α-hetero) is 1. The molecule has 1 unspecified atom stereocenters. The van der Waals surface area contributed by atoms with E-state index >= 15 is 0 Å². The summed E-state index contributed by atoms with van der Waals surface area (Å²) in [6.45, 7) is 3.91. The van der Waals surface area contributed by atoms with Crippen LogP contribution in [0.1, 0.15) is 39.5 Å². The molecular formula is C14H21N3O5. The summed E-state index contributed by atoms with van der Waals surface area (Å²) in [6, 6.07) is -0.935. The zero-order chi connectivity index (χ0) is 16.5. The number of carbonyl (C=O) groups is 3. The number of hydrogen-bond acceptors (Lipinski definition) is 5. The minimum atomic E-state index is -0.935. The van der Waals surface area contributed by atoms with Crippen LogP contribution >= 0.6 is 0 Å². The molecule has 1 aliphatic heterocycles. The molecule has 1 N–H and O–H groups in total. The van der Waals surface area contributed by atoms with Crippen molar-refractivity contribution in [3.63, 3.8) is 0 Å². The van der Waals surface area contributed by atoms with Gasteiger partial charge in [-0.05, 0) is 33.1 Å². The van der Waals surface area contributed by atoms with Crippen molar-refractivity contribution in [2.75, 3.05) is 6.61 Å². The van der Waals surface area contributed by atoms with E-state index in [4.69, 9.17) is 15.0 Å². The lowest BCUT2D eigenvalue weighted by Gasteiger charge is -2.20. The van der Waals surface area contributed by atoms with E-state index in [0.717, 1.165) is 12.6 Å². The zero-order valence-electron chi connectivity index (χ0n) is 12.8. The van der Waals surface area contributed by atoms with Crippen molar-refractivity contribution in [1.82, 2.24) is 5.32 Å². The number of nitrogens with zero attached hydrogens (tertiary/aromatic N) is 2. The molecule has 0 aliphatic carbocycles. The van der Waals surface area contributed by atoms with Gasteiger partial charge in [-0.2, -0.15) is 4.79 Å². The summed E-state index contributed by atoms with van der Waals surface area (Å²) in [5.74, 6) is -1.43. The molecule has 0 radical (unpaired) electrons. The van der Waals surface area contributed by atoms with Gasteiger partial charge in [-0.15, -0.1) is 0 Å². The molecule has 22 heavy (non-hydrogen) atoms. The maximum Gasteiger partial charge on any atom is 0.328 e. The van der Waals surface area contributed by atoms with Gasteiger partial charge in [0.25, 0.3) is 0 Å². The van der Waals surface area contributed by atoms with Crippen LogP contribution in [0.2, 0.25) is 0 Å². The van der Waals surface area contributed by atoms with E-state index in [1.165, 1.54) is 0 Å². The number of esters is 1. The maximum atomic E-state index is 12.0. The Morgan fingerprint density at radius 2 is 2.18 bits per heavy atom. The summed E-state index contributed by atoms with van der Waals surface area (Å²) in [5.41, 5.74) is 8.29. The average Bonchev–Trinajstić information content (AvgIpc) is 2.96. The molecular weight excluding hydrogens is 290 g/mol. The summed E-state index contributed by atoms with van der Waals surface area (Å²) in [5, 5.41) is 2.56. The summed E-state index contributed by atoms with van der Waals surface area (Å²) in [4.78, 5) is 38.0. The number of ketones is 1. The van der Waals surface area contributed by atoms with E-state index in [-0.39, 0.29) is 24.9 Å². The van der Waals surface area contributed by atoms with Crippen LogP contribution in [0.3, 0.4) is 0 Å². The molecule has 1 heterocycles. The second kappa shape index (κ2) is 9.07. The zero-order valence-corrected chi connectivity index (χ0v) is 12.8. The van der Waals surface area contributed by atoms with Gasteiger partial charge < -0.3 is 20.3 Å². The second-order valence-electron chi connectivity index (χ2n) is 5.30. The monoisotopic (exact) mass is 311 g/mol. The number of rotatable bonds is 8. The Hall–Kier alpha value is -2.05. The summed E-state index contributed by atoms with van der Waals surface area (Å²) in [6.07, 6.45) is 1.28. The molecule has 1 fully saturated rings. The molecule has 1 saturated heterocycles. The topological polar surface area (TPSA) is 118 Å². The molecule has 0 aromatic rings. The summed E-state index contributed by atoms with van der Waals surface area (Å²) < 4.78 is 10.3. The molecule has 8 heteroatoms. The molecule has 0 aromatic heterocycles. The molecule has 0 aromatic carbocycles. The molecule has 0 saturated carbocycles. The van der Waals surface area contributed by atoms with Gasteiger partial charge in [-0.1, -0.05) is 0 Å². The predicted octanol–water partition coefficient (Wildman–Crippen LogP) is 0.252. The first-order valence-corrected chi connectivity index (χ1v) is 7.26. The van der Waals surface area contributed by atoms with E-state index < -0.39 is 23.9 Å². The number of nitrogens with one attached hydrogen (secondary N) is 1. The first-order valence-electron chi connectivity index (χ1n) is 7.26. The van der Waals surface area contributed by atoms with Crippen LogP contribution in [0.4, 0.5) is 0 Å². The maximum absolute atomic E-state index is 12.0. The van der Waals surface area contributed by atoms with Crippen molar-refractivity contribution in [2.45, 2.75) is 57.8 Å². The van der Waals surface area contributed by atoms with Crippen molar-refractivity contribution in [3.05, 3.63) is 5.53 Å². The van der Waals surface area contributed by atoms with E-state index in [2.05, 4.69) is 10.1 Å². The van der Waals surface area contributed by atoms with Crippen LogP contribution in [-0.4, -0.2) is 53.5 Å². The Labute approximate surface area is 128 Å². The second-order valence-corrected chi connectivity index (χ2v) is 5.30.